The van der Waals surface area contributed by atoms with E-state index in [0.717, 1.165) is 19.1 Å². The van der Waals surface area contributed by atoms with E-state index < -0.39 is 0 Å². The van der Waals surface area contributed by atoms with Gasteiger partial charge in [0.05, 0.1) is 0 Å². The Balaban J connectivity index is 1.99. The molecular formula is C13H29N3S. The Hall–Kier alpha value is 0.230. The van der Waals surface area contributed by atoms with Gasteiger partial charge in [0, 0.05) is 50.3 Å². The minimum Gasteiger partial charge on any atom is -0.314 e. The summed E-state index contributed by atoms with van der Waals surface area (Å²) in [6.45, 7) is 15.1. The van der Waals surface area contributed by atoms with E-state index in [-0.39, 0.29) is 0 Å². The maximum absolute atomic E-state index is 3.56. The van der Waals surface area contributed by atoms with E-state index in [4.69, 9.17) is 0 Å². The van der Waals surface area contributed by atoms with Gasteiger partial charge in [0.15, 0.2) is 0 Å². The van der Waals surface area contributed by atoms with Crippen LogP contribution < -0.4 is 5.32 Å². The van der Waals surface area contributed by atoms with Gasteiger partial charge in [-0.3, -0.25) is 4.90 Å². The molecule has 1 saturated heterocycles. The first kappa shape index (κ1) is 15.3. The molecule has 1 aliphatic heterocycles. The lowest BCUT2D eigenvalue weighted by atomic mass is 10.3. The van der Waals surface area contributed by atoms with Crippen molar-refractivity contribution in [2.75, 3.05) is 57.3 Å². The summed E-state index contributed by atoms with van der Waals surface area (Å²) < 4.78 is 0. The molecule has 0 radical (unpaired) electrons. The highest BCUT2D eigenvalue weighted by molar-refractivity contribution is 7.99. The van der Waals surface area contributed by atoms with Crippen molar-refractivity contribution in [3.05, 3.63) is 0 Å². The number of nitrogens with zero attached hydrogens (tertiary/aromatic N) is 2. The van der Waals surface area contributed by atoms with Gasteiger partial charge in [0.1, 0.15) is 0 Å². The molecule has 0 aromatic rings. The van der Waals surface area contributed by atoms with Crippen LogP contribution in [0.15, 0.2) is 0 Å². The molecule has 1 heterocycles. The molecule has 1 N–H and O–H groups in total. The standard InChI is InChI=1S/C13H29N3S/c1-4-15(5-2)8-6-14-7-9-16-10-11-17-12-13(16)3/h13-14H,4-12H2,1-3H3. The van der Waals surface area contributed by atoms with Crippen molar-refractivity contribution >= 4 is 11.8 Å². The molecule has 0 aromatic carbocycles. The van der Waals surface area contributed by atoms with Crippen molar-refractivity contribution in [3.63, 3.8) is 0 Å². The summed E-state index contributed by atoms with van der Waals surface area (Å²) in [7, 11) is 0. The summed E-state index contributed by atoms with van der Waals surface area (Å²) in [5, 5.41) is 3.56. The van der Waals surface area contributed by atoms with Gasteiger partial charge in [-0.2, -0.15) is 11.8 Å². The summed E-state index contributed by atoms with van der Waals surface area (Å²) >= 11 is 2.09. The summed E-state index contributed by atoms with van der Waals surface area (Å²) in [6, 6.07) is 0.762. The van der Waals surface area contributed by atoms with Gasteiger partial charge in [-0.25, -0.2) is 0 Å². The average molecular weight is 259 g/mol. The van der Waals surface area contributed by atoms with Gasteiger partial charge in [-0.1, -0.05) is 13.8 Å². The zero-order chi connectivity index (χ0) is 12.5. The molecule has 0 aromatic heterocycles. The number of hydrogen-bond donors (Lipinski definition) is 1. The lowest BCUT2D eigenvalue weighted by Gasteiger charge is -2.33. The highest BCUT2D eigenvalue weighted by Gasteiger charge is 2.17. The van der Waals surface area contributed by atoms with E-state index in [1.807, 2.05) is 0 Å². The SMILES string of the molecule is CCN(CC)CCNCCN1CCSCC1C. The third kappa shape index (κ3) is 6.09. The van der Waals surface area contributed by atoms with Crippen LogP contribution in [-0.4, -0.2) is 73.2 Å². The summed E-state index contributed by atoms with van der Waals surface area (Å²) in [4.78, 5) is 5.08. The van der Waals surface area contributed by atoms with Crippen LogP contribution in [0.4, 0.5) is 0 Å². The highest BCUT2D eigenvalue weighted by atomic mass is 32.2. The van der Waals surface area contributed by atoms with Crippen LogP contribution in [0.25, 0.3) is 0 Å². The maximum Gasteiger partial charge on any atom is 0.0158 e. The van der Waals surface area contributed by atoms with Crippen molar-refractivity contribution in [3.8, 4) is 0 Å². The van der Waals surface area contributed by atoms with E-state index in [0.29, 0.717) is 0 Å². The molecule has 0 saturated carbocycles. The second kappa shape index (κ2) is 9.20. The Morgan fingerprint density at radius 3 is 2.71 bits per heavy atom. The summed E-state index contributed by atoms with van der Waals surface area (Å²) in [5.74, 6) is 2.61. The minimum atomic E-state index is 0.762. The van der Waals surface area contributed by atoms with Crippen LogP contribution in [0.1, 0.15) is 20.8 Å². The van der Waals surface area contributed by atoms with Crippen molar-refractivity contribution in [2.45, 2.75) is 26.8 Å². The van der Waals surface area contributed by atoms with Gasteiger partial charge in [0.2, 0.25) is 0 Å². The van der Waals surface area contributed by atoms with Gasteiger partial charge in [-0.05, 0) is 20.0 Å². The summed E-state index contributed by atoms with van der Waals surface area (Å²) in [5.41, 5.74) is 0. The third-order valence-corrected chi connectivity index (χ3v) is 4.77. The number of rotatable bonds is 8. The Kier molecular flexibility index (Phi) is 8.27. The molecule has 1 aliphatic rings. The minimum absolute atomic E-state index is 0.762. The zero-order valence-corrected chi connectivity index (χ0v) is 12.6. The van der Waals surface area contributed by atoms with E-state index in [2.05, 4.69) is 47.6 Å². The first-order valence-corrected chi connectivity index (χ1v) is 8.18. The predicted molar refractivity (Wildman–Crippen MR) is 79.0 cm³/mol. The number of nitrogens with one attached hydrogen (secondary N) is 1. The molecule has 1 unspecified atom stereocenters. The van der Waals surface area contributed by atoms with Crippen LogP contribution in [0.2, 0.25) is 0 Å². The molecule has 17 heavy (non-hydrogen) atoms. The number of likely N-dealkylation sites (N-methyl/N-ethyl adjacent to an activating group) is 1. The maximum atomic E-state index is 3.56. The van der Waals surface area contributed by atoms with Gasteiger partial charge < -0.3 is 10.2 Å². The van der Waals surface area contributed by atoms with Crippen molar-refractivity contribution < 1.29 is 0 Å². The molecule has 0 spiro atoms. The highest BCUT2D eigenvalue weighted by Crippen LogP contribution is 2.14. The van der Waals surface area contributed by atoms with Gasteiger partial charge in [0.25, 0.3) is 0 Å². The second-order valence-electron chi connectivity index (χ2n) is 4.74. The molecular weight excluding hydrogens is 230 g/mol. The zero-order valence-electron chi connectivity index (χ0n) is 11.7. The molecule has 1 fully saturated rings. The van der Waals surface area contributed by atoms with E-state index in [9.17, 15) is 0 Å². The summed E-state index contributed by atoms with van der Waals surface area (Å²) in [6.07, 6.45) is 0. The smallest absolute Gasteiger partial charge is 0.0158 e. The topological polar surface area (TPSA) is 18.5 Å². The molecule has 102 valence electrons. The second-order valence-corrected chi connectivity index (χ2v) is 5.89. The molecule has 0 amide bonds. The van der Waals surface area contributed by atoms with E-state index >= 15 is 0 Å². The molecule has 0 bridgehead atoms. The molecule has 1 rings (SSSR count). The Bertz CT molecular complexity index is 186. The fourth-order valence-corrected chi connectivity index (χ4v) is 3.30. The Morgan fingerprint density at radius 2 is 2.06 bits per heavy atom. The fourth-order valence-electron chi connectivity index (χ4n) is 2.22. The van der Waals surface area contributed by atoms with Crippen LogP contribution in [-0.2, 0) is 0 Å². The Morgan fingerprint density at radius 1 is 1.29 bits per heavy atom. The van der Waals surface area contributed by atoms with Crippen LogP contribution in [0, 0.1) is 0 Å². The average Bonchev–Trinajstić information content (AvgIpc) is 2.36. The van der Waals surface area contributed by atoms with E-state index in [1.54, 1.807) is 0 Å². The Labute approximate surface area is 111 Å². The van der Waals surface area contributed by atoms with Crippen LogP contribution in [0.5, 0.6) is 0 Å². The van der Waals surface area contributed by atoms with Crippen LogP contribution in [0.3, 0.4) is 0 Å². The first-order valence-electron chi connectivity index (χ1n) is 7.02. The van der Waals surface area contributed by atoms with Crippen molar-refractivity contribution in [2.24, 2.45) is 0 Å². The molecule has 0 aliphatic carbocycles. The fraction of sp³-hybridized carbons (Fsp3) is 1.00. The normalized spacial score (nSPS) is 22.2. The number of hydrogen-bond acceptors (Lipinski definition) is 4. The largest absolute Gasteiger partial charge is 0.314 e. The van der Waals surface area contributed by atoms with Crippen molar-refractivity contribution in [1.82, 2.24) is 15.1 Å². The van der Waals surface area contributed by atoms with Crippen LogP contribution >= 0.6 is 11.8 Å². The quantitative estimate of drug-likeness (QED) is 0.663. The first-order chi connectivity index (χ1) is 8.27. The lowest BCUT2D eigenvalue weighted by Crippen LogP contribution is -2.44. The predicted octanol–water partition coefficient (Wildman–Crippen LogP) is 1.36. The molecule has 4 heteroatoms. The molecule has 1 atom stereocenters. The third-order valence-electron chi connectivity index (χ3n) is 3.58. The monoisotopic (exact) mass is 259 g/mol. The van der Waals surface area contributed by atoms with Crippen molar-refractivity contribution in [1.29, 1.82) is 0 Å². The lowest BCUT2D eigenvalue weighted by molar-refractivity contribution is 0.230. The van der Waals surface area contributed by atoms with E-state index in [1.165, 1.54) is 44.2 Å². The molecule has 3 nitrogen and oxygen atoms in total. The number of thioether (sulfide) groups is 1. The van der Waals surface area contributed by atoms with Gasteiger partial charge in [-0.15, -0.1) is 0 Å². The van der Waals surface area contributed by atoms with Gasteiger partial charge >= 0.3 is 0 Å².